The van der Waals surface area contributed by atoms with Crippen molar-refractivity contribution in [1.29, 1.82) is 0 Å². The zero-order chi connectivity index (χ0) is 26.7. The smallest absolute Gasteiger partial charge is 0.323 e. The first-order valence-electron chi connectivity index (χ1n) is 13.5. The molecule has 0 aliphatic carbocycles. The van der Waals surface area contributed by atoms with Crippen molar-refractivity contribution >= 4 is 23.7 Å². The monoisotopic (exact) mass is 518 g/mol. The molecule has 206 valence electrons. The van der Waals surface area contributed by atoms with E-state index in [0.717, 1.165) is 50.2 Å². The summed E-state index contributed by atoms with van der Waals surface area (Å²) < 4.78 is 0. The molecule has 6 N–H and O–H groups in total. The summed E-state index contributed by atoms with van der Waals surface area (Å²) in [4.78, 5) is 42.5. The van der Waals surface area contributed by atoms with Crippen LogP contribution in [-0.4, -0.2) is 88.9 Å². The number of carbonyl (C=O) groups is 3. The Kier molecular flexibility index (Phi) is 10.9. The van der Waals surface area contributed by atoms with Crippen molar-refractivity contribution in [3.8, 4) is 0 Å². The molecule has 11 heteroatoms. The second-order valence-corrected chi connectivity index (χ2v) is 9.95. The van der Waals surface area contributed by atoms with Gasteiger partial charge in [0.05, 0.1) is 5.60 Å². The molecule has 37 heavy (non-hydrogen) atoms. The van der Waals surface area contributed by atoms with Crippen LogP contribution in [0.1, 0.15) is 63.1 Å². The van der Waals surface area contributed by atoms with Gasteiger partial charge < -0.3 is 36.4 Å². The molecule has 1 aromatic heterocycles. The maximum Gasteiger partial charge on any atom is 0.323 e. The lowest BCUT2D eigenvalue weighted by Crippen LogP contribution is -2.61. The van der Waals surface area contributed by atoms with Gasteiger partial charge in [0.1, 0.15) is 11.9 Å². The van der Waals surface area contributed by atoms with Gasteiger partial charge in [0, 0.05) is 44.8 Å². The molecule has 1 unspecified atom stereocenters. The van der Waals surface area contributed by atoms with Crippen molar-refractivity contribution in [3.05, 3.63) is 23.4 Å². The molecule has 1 atom stereocenters. The molecule has 3 rings (SSSR count). The summed E-state index contributed by atoms with van der Waals surface area (Å²) in [6, 6.07) is 2.81. The Balaban J connectivity index is 1.36. The highest BCUT2D eigenvalue weighted by molar-refractivity contribution is 5.77. The van der Waals surface area contributed by atoms with Gasteiger partial charge in [-0.3, -0.25) is 9.59 Å². The maximum absolute atomic E-state index is 12.6. The fourth-order valence-corrected chi connectivity index (χ4v) is 4.83. The van der Waals surface area contributed by atoms with Gasteiger partial charge in [-0.15, -0.1) is 0 Å². The normalized spacial score (nSPS) is 17.3. The summed E-state index contributed by atoms with van der Waals surface area (Å²) in [5.74, 6) is -0.230. The molecule has 0 spiro atoms. The van der Waals surface area contributed by atoms with Crippen LogP contribution in [0.25, 0.3) is 0 Å². The molecular formula is C26H42N6O5. The van der Waals surface area contributed by atoms with Crippen molar-refractivity contribution in [2.45, 2.75) is 76.4 Å². The number of aryl methyl sites for hydroxylation is 2. The zero-order valence-electron chi connectivity index (χ0n) is 21.9. The molecule has 11 nitrogen and oxygen atoms in total. The van der Waals surface area contributed by atoms with Gasteiger partial charge in [-0.05, 0) is 69.5 Å². The number of likely N-dealkylation sites (tertiary alicyclic amines) is 1. The number of hydrogen-bond acceptors (Lipinski definition) is 7. The Labute approximate surface area is 218 Å². The lowest BCUT2D eigenvalue weighted by molar-refractivity contribution is -0.149. The van der Waals surface area contributed by atoms with Crippen molar-refractivity contribution in [2.24, 2.45) is 0 Å². The maximum atomic E-state index is 12.6. The summed E-state index contributed by atoms with van der Waals surface area (Å²) in [6.45, 7) is 4.90. The first-order chi connectivity index (χ1) is 17.8. The summed E-state index contributed by atoms with van der Waals surface area (Å²) in [5.41, 5.74) is 0.793. The van der Waals surface area contributed by atoms with Gasteiger partial charge in [0.2, 0.25) is 5.91 Å². The second kappa shape index (κ2) is 14.1. The number of pyridine rings is 1. The first kappa shape index (κ1) is 28.6. The van der Waals surface area contributed by atoms with Crippen LogP contribution in [0.3, 0.4) is 0 Å². The van der Waals surface area contributed by atoms with Gasteiger partial charge in [0.15, 0.2) is 0 Å². The Morgan fingerprint density at radius 1 is 1.14 bits per heavy atom. The van der Waals surface area contributed by atoms with E-state index >= 15 is 0 Å². The fraction of sp³-hybridized carbons (Fsp3) is 0.692. The number of aliphatic hydroxyl groups is 1. The minimum Gasteiger partial charge on any atom is -0.480 e. The van der Waals surface area contributed by atoms with Gasteiger partial charge in [-0.1, -0.05) is 13.0 Å². The van der Waals surface area contributed by atoms with E-state index in [-0.39, 0.29) is 37.9 Å². The van der Waals surface area contributed by atoms with Crippen molar-refractivity contribution in [3.63, 3.8) is 0 Å². The summed E-state index contributed by atoms with van der Waals surface area (Å²) in [5, 5.41) is 32.7. The summed E-state index contributed by atoms with van der Waals surface area (Å²) in [7, 11) is 0. The standard InChI is InChI=1S/C26H42N6O5/c1-2-13-27-21(33)8-5-14-28-22(24(34)35)26(37)11-17-32(18-12-26)25(36)30-16-4-7-20-10-9-19-6-3-15-29-23(19)31-20/h9-10,22,28,37H,2-8,11-18H2,1H3,(H,27,33)(H,29,31)(H,30,36)(H,34,35). The molecular weight excluding hydrogens is 476 g/mol. The second-order valence-electron chi connectivity index (χ2n) is 9.95. The topological polar surface area (TPSA) is 156 Å². The molecule has 0 aromatic carbocycles. The molecule has 3 heterocycles. The number of fused-ring (bicyclic) bond motifs is 1. The number of carbonyl (C=O) groups excluding carboxylic acids is 2. The minimum atomic E-state index is -1.46. The largest absolute Gasteiger partial charge is 0.480 e. The lowest BCUT2D eigenvalue weighted by atomic mass is 9.84. The van der Waals surface area contributed by atoms with Gasteiger partial charge >= 0.3 is 12.0 Å². The number of nitrogens with zero attached hydrogens (tertiary/aromatic N) is 2. The van der Waals surface area contributed by atoms with Crippen LogP contribution >= 0.6 is 0 Å². The van der Waals surface area contributed by atoms with E-state index in [1.807, 2.05) is 13.0 Å². The molecule has 0 saturated carbocycles. The number of aromatic nitrogens is 1. The molecule has 0 radical (unpaired) electrons. The van der Waals surface area contributed by atoms with E-state index in [4.69, 9.17) is 0 Å². The summed E-state index contributed by atoms with van der Waals surface area (Å²) >= 11 is 0. The van der Waals surface area contributed by atoms with Gasteiger partial charge in [-0.25, -0.2) is 9.78 Å². The van der Waals surface area contributed by atoms with Crippen molar-refractivity contribution in [2.75, 3.05) is 44.6 Å². The number of hydrogen-bond donors (Lipinski definition) is 6. The molecule has 2 aliphatic heterocycles. The number of urea groups is 1. The van der Waals surface area contributed by atoms with Gasteiger partial charge in [0.25, 0.3) is 0 Å². The number of carboxylic acid groups (broad SMARTS) is 1. The predicted octanol–water partition coefficient (Wildman–Crippen LogP) is 1.26. The zero-order valence-corrected chi connectivity index (χ0v) is 21.9. The van der Waals surface area contributed by atoms with E-state index in [1.54, 1.807) is 4.90 Å². The number of piperidine rings is 1. The molecule has 1 aromatic rings. The number of carboxylic acids is 1. The number of amides is 3. The highest BCUT2D eigenvalue weighted by atomic mass is 16.4. The third kappa shape index (κ3) is 8.57. The fourth-order valence-electron chi connectivity index (χ4n) is 4.83. The van der Waals surface area contributed by atoms with Crippen LogP contribution in [0.5, 0.6) is 0 Å². The summed E-state index contributed by atoms with van der Waals surface area (Å²) in [6.07, 6.45) is 5.65. The number of anilines is 1. The predicted molar refractivity (Wildman–Crippen MR) is 140 cm³/mol. The SMILES string of the molecule is CCCNC(=O)CCCNC(C(=O)O)C1(O)CCN(C(=O)NCCCc2ccc3c(n2)NCCC3)CC1. The van der Waals surface area contributed by atoms with Gasteiger partial charge in [-0.2, -0.15) is 0 Å². The van der Waals surface area contributed by atoms with Crippen molar-refractivity contribution in [1.82, 2.24) is 25.8 Å². The Morgan fingerprint density at radius 3 is 2.65 bits per heavy atom. The molecule has 1 saturated heterocycles. The molecule has 2 aliphatic rings. The lowest BCUT2D eigenvalue weighted by Gasteiger charge is -2.41. The highest BCUT2D eigenvalue weighted by Crippen LogP contribution is 2.26. The third-order valence-electron chi connectivity index (χ3n) is 7.04. The van der Waals surface area contributed by atoms with Crippen molar-refractivity contribution < 1.29 is 24.6 Å². The molecule has 1 fully saturated rings. The highest BCUT2D eigenvalue weighted by Gasteiger charge is 2.44. The van der Waals surface area contributed by atoms with Crippen LogP contribution in [0.2, 0.25) is 0 Å². The van der Waals surface area contributed by atoms with E-state index in [1.165, 1.54) is 5.56 Å². The van der Waals surface area contributed by atoms with Crippen LogP contribution in [0.15, 0.2) is 12.1 Å². The van der Waals surface area contributed by atoms with E-state index in [0.29, 0.717) is 32.5 Å². The Morgan fingerprint density at radius 2 is 1.92 bits per heavy atom. The number of rotatable bonds is 13. The Hall–Kier alpha value is -2.92. The number of aliphatic carboxylic acids is 1. The van der Waals surface area contributed by atoms with Crippen LogP contribution < -0.4 is 21.3 Å². The van der Waals surface area contributed by atoms with Crippen LogP contribution in [0.4, 0.5) is 10.6 Å². The van der Waals surface area contributed by atoms with Crippen LogP contribution in [-0.2, 0) is 22.4 Å². The molecule has 0 bridgehead atoms. The average Bonchev–Trinajstić information content (AvgIpc) is 2.89. The molecule has 3 amide bonds. The van der Waals surface area contributed by atoms with Crippen LogP contribution in [0, 0.1) is 0 Å². The Bertz CT molecular complexity index is 919. The van der Waals surface area contributed by atoms with E-state index in [9.17, 15) is 24.6 Å². The third-order valence-corrected chi connectivity index (χ3v) is 7.04. The first-order valence-corrected chi connectivity index (χ1v) is 13.5. The van der Waals surface area contributed by atoms with E-state index < -0.39 is 17.6 Å². The van der Waals surface area contributed by atoms with E-state index in [2.05, 4.69) is 32.3 Å². The number of nitrogens with one attached hydrogen (secondary N) is 4. The average molecular weight is 519 g/mol. The minimum absolute atomic E-state index is 0.0653. The quantitative estimate of drug-likeness (QED) is 0.213.